The lowest BCUT2D eigenvalue weighted by Gasteiger charge is -2.31. The van der Waals surface area contributed by atoms with Gasteiger partial charge in [-0.25, -0.2) is 4.98 Å². The number of fused-ring (bicyclic) bond motifs is 1. The first kappa shape index (κ1) is 22.3. The molecule has 1 atom stereocenters. The van der Waals surface area contributed by atoms with Gasteiger partial charge in [-0.2, -0.15) is 0 Å². The number of rotatable bonds is 7. The van der Waals surface area contributed by atoms with E-state index in [4.69, 9.17) is 21.3 Å². The van der Waals surface area contributed by atoms with Gasteiger partial charge < -0.3 is 14.2 Å². The maximum absolute atomic E-state index is 13.0. The molecule has 0 radical (unpaired) electrons. The number of amides is 1. The van der Waals surface area contributed by atoms with E-state index in [2.05, 4.69) is 4.57 Å². The highest BCUT2D eigenvalue weighted by atomic mass is 35.5. The minimum Gasteiger partial charge on any atom is -0.466 e. The topological polar surface area (TPSA) is 64.4 Å². The van der Waals surface area contributed by atoms with E-state index in [1.54, 1.807) is 11.8 Å². The van der Waals surface area contributed by atoms with Gasteiger partial charge in [0, 0.05) is 37.5 Å². The fourth-order valence-electron chi connectivity index (χ4n) is 4.34. The third kappa shape index (κ3) is 4.96. The number of nitrogens with zero attached hydrogens (tertiary/aromatic N) is 3. The number of carbonyl (C=O) groups excluding carboxylic acids is 2. The van der Waals surface area contributed by atoms with E-state index in [0.717, 1.165) is 35.3 Å². The number of para-hydroxylation sites is 2. The summed E-state index contributed by atoms with van der Waals surface area (Å²) in [5.74, 6) is 0.515. The van der Waals surface area contributed by atoms with Crippen LogP contribution >= 0.6 is 11.6 Å². The van der Waals surface area contributed by atoms with Gasteiger partial charge in [0.15, 0.2) is 0 Å². The van der Waals surface area contributed by atoms with Crippen molar-refractivity contribution in [2.45, 2.75) is 39.2 Å². The normalized spacial score (nSPS) is 16.3. The maximum Gasteiger partial charge on any atom is 0.310 e. The summed E-state index contributed by atoms with van der Waals surface area (Å²) >= 11 is 6.38. The first-order valence-electron chi connectivity index (χ1n) is 11.2. The van der Waals surface area contributed by atoms with Crippen LogP contribution in [-0.2, 0) is 27.3 Å². The van der Waals surface area contributed by atoms with Crippen LogP contribution < -0.4 is 0 Å². The number of carbonyl (C=O) groups is 2. The molecular weight excluding hydrogens is 426 g/mol. The first-order valence-corrected chi connectivity index (χ1v) is 11.6. The number of piperidine rings is 1. The molecule has 2 heterocycles. The van der Waals surface area contributed by atoms with Crippen molar-refractivity contribution in [3.63, 3.8) is 0 Å². The minimum atomic E-state index is -0.225. The number of imidazole rings is 1. The largest absolute Gasteiger partial charge is 0.466 e. The van der Waals surface area contributed by atoms with Crippen LogP contribution in [0.1, 0.15) is 37.6 Å². The molecule has 1 aliphatic rings. The fraction of sp³-hybridized carbons (Fsp3) is 0.400. The van der Waals surface area contributed by atoms with Crippen molar-refractivity contribution >= 4 is 34.5 Å². The molecule has 0 bridgehead atoms. The van der Waals surface area contributed by atoms with Crippen molar-refractivity contribution in [1.29, 1.82) is 0 Å². The number of ether oxygens (including phenoxy) is 1. The Labute approximate surface area is 193 Å². The van der Waals surface area contributed by atoms with E-state index in [9.17, 15) is 9.59 Å². The zero-order valence-corrected chi connectivity index (χ0v) is 19.1. The molecule has 1 saturated heterocycles. The van der Waals surface area contributed by atoms with Gasteiger partial charge in [0.2, 0.25) is 5.91 Å². The van der Waals surface area contributed by atoms with Gasteiger partial charge in [-0.15, -0.1) is 0 Å². The van der Waals surface area contributed by atoms with Gasteiger partial charge in [-0.05, 0) is 43.5 Å². The van der Waals surface area contributed by atoms with Gasteiger partial charge in [-0.3, -0.25) is 9.59 Å². The second-order valence-corrected chi connectivity index (χ2v) is 8.52. The van der Waals surface area contributed by atoms with Crippen molar-refractivity contribution in [2.24, 2.45) is 5.92 Å². The molecule has 0 N–H and O–H groups in total. The van der Waals surface area contributed by atoms with Gasteiger partial charge in [0.1, 0.15) is 5.82 Å². The van der Waals surface area contributed by atoms with Crippen LogP contribution in [0, 0.1) is 5.92 Å². The van der Waals surface area contributed by atoms with Crippen LogP contribution in [-0.4, -0.2) is 46.0 Å². The Kier molecular flexibility index (Phi) is 7.10. The molecule has 6 nitrogen and oxygen atoms in total. The lowest BCUT2D eigenvalue weighted by molar-refractivity contribution is -0.151. The van der Waals surface area contributed by atoms with E-state index in [0.29, 0.717) is 44.1 Å². The highest BCUT2D eigenvalue weighted by Gasteiger charge is 2.29. The Morgan fingerprint density at radius 3 is 2.75 bits per heavy atom. The molecule has 168 valence electrons. The van der Waals surface area contributed by atoms with Gasteiger partial charge in [0.25, 0.3) is 0 Å². The monoisotopic (exact) mass is 453 g/mol. The molecular formula is C25H28ClN3O3. The van der Waals surface area contributed by atoms with Crippen molar-refractivity contribution in [1.82, 2.24) is 14.5 Å². The summed E-state index contributed by atoms with van der Waals surface area (Å²) in [4.78, 5) is 31.7. The minimum absolute atomic E-state index is 0.0560. The second-order valence-electron chi connectivity index (χ2n) is 8.12. The van der Waals surface area contributed by atoms with E-state index in [1.807, 2.05) is 48.5 Å². The molecule has 7 heteroatoms. The van der Waals surface area contributed by atoms with Crippen molar-refractivity contribution in [2.75, 3.05) is 19.7 Å². The molecule has 1 aromatic heterocycles. The summed E-state index contributed by atoms with van der Waals surface area (Å²) in [5, 5.41) is 0.709. The summed E-state index contributed by atoms with van der Waals surface area (Å²) in [7, 11) is 0. The summed E-state index contributed by atoms with van der Waals surface area (Å²) in [6, 6.07) is 15.7. The maximum atomic E-state index is 13.0. The number of halogens is 1. The van der Waals surface area contributed by atoms with E-state index >= 15 is 0 Å². The van der Waals surface area contributed by atoms with Crippen LogP contribution in [0.5, 0.6) is 0 Å². The molecule has 1 aliphatic heterocycles. The molecule has 2 aromatic carbocycles. The summed E-state index contributed by atoms with van der Waals surface area (Å²) in [6.07, 6.45) is 2.54. The molecule has 1 amide bonds. The second kappa shape index (κ2) is 10.2. The number of aromatic nitrogens is 2. The number of likely N-dealkylation sites (tertiary alicyclic amines) is 1. The van der Waals surface area contributed by atoms with Crippen molar-refractivity contribution < 1.29 is 14.3 Å². The number of esters is 1. The predicted octanol–water partition coefficient (Wildman–Crippen LogP) is 4.47. The number of hydrogen-bond acceptors (Lipinski definition) is 4. The Hall–Kier alpha value is -2.86. The third-order valence-corrected chi connectivity index (χ3v) is 6.35. The number of hydrogen-bond donors (Lipinski definition) is 0. The average molecular weight is 454 g/mol. The quantitative estimate of drug-likeness (QED) is 0.495. The summed E-state index contributed by atoms with van der Waals surface area (Å²) in [6.45, 7) is 3.82. The summed E-state index contributed by atoms with van der Waals surface area (Å²) < 4.78 is 7.27. The number of aryl methyl sites for hydroxylation is 1. The average Bonchev–Trinajstić information content (AvgIpc) is 3.16. The van der Waals surface area contributed by atoms with Crippen LogP contribution in [0.4, 0.5) is 0 Å². The Bertz CT molecular complexity index is 1110. The Morgan fingerprint density at radius 2 is 1.94 bits per heavy atom. The molecule has 0 spiro atoms. The Balaban J connectivity index is 1.49. The number of benzene rings is 2. The predicted molar refractivity (Wildman–Crippen MR) is 125 cm³/mol. The lowest BCUT2D eigenvalue weighted by atomic mass is 9.98. The zero-order valence-electron chi connectivity index (χ0n) is 18.3. The van der Waals surface area contributed by atoms with Crippen LogP contribution in [0.25, 0.3) is 11.0 Å². The van der Waals surface area contributed by atoms with Crippen LogP contribution in [0.2, 0.25) is 5.02 Å². The third-order valence-electron chi connectivity index (χ3n) is 5.98. The smallest absolute Gasteiger partial charge is 0.310 e. The molecule has 1 fully saturated rings. The lowest BCUT2D eigenvalue weighted by Crippen LogP contribution is -2.43. The van der Waals surface area contributed by atoms with Crippen LogP contribution in [0.15, 0.2) is 48.5 Å². The SMILES string of the molecule is CCOC(=O)C1CCCN(C(=O)CCn2c(Cc3ccccc3Cl)nc3ccccc32)C1. The molecule has 32 heavy (non-hydrogen) atoms. The van der Waals surface area contributed by atoms with Crippen molar-refractivity contribution in [3.05, 3.63) is 64.9 Å². The first-order chi connectivity index (χ1) is 15.6. The standard InChI is InChI=1S/C25H28ClN3O3/c1-2-32-25(31)19-9-7-14-28(17-19)24(30)13-15-29-22-12-6-5-11-21(22)27-23(29)16-18-8-3-4-10-20(18)26/h3-6,8,10-12,19H,2,7,9,13-17H2,1H3. The highest BCUT2D eigenvalue weighted by molar-refractivity contribution is 6.31. The molecule has 0 saturated carbocycles. The van der Waals surface area contributed by atoms with Crippen LogP contribution in [0.3, 0.4) is 0 Å². The molecule has 3 aromatic rings. The Morgan fingerprint density at radius 1 is 1.16 bits per heavy atom. The van der Waals surface area contributed by atoms with Gasteiger partial charge in [-0.1, -0.05) is 41.9 Å². The van der Waals surface area contributed by atoms with Crippen molar-refractivity contribution in [3.8, 4) is 0 Å². The molecule has 4 rings (SSSR count). The molecule has 1 unspecified atom stereocenters. The van der Waals surface area contributed by atoms with E-state index in [-0.39, 0.29) is 17.8 Å². The highest BCUT2D eigenvalue weighted by Crippen LogP contribution is 2.24. The van der Waals surface area contributed by atoms with Gasteiger partial charge >= 0.3 is 5.97 Å². The fourth-order valence-corrected chi connectivity index (χ4v) is 4.55. The zero-order chi connectivity index (χ0) is 22.5. The molecule has 0 aliphatic carbocycles. The van der Waals surface area contributed by atoms with E-state index in [1.165, 1.54) is 0 Å². The summed E-state index contributed by atoms with van der Waals surface area (Å²) in [5.41, 5.74) is 2.91. The van der Waals surface area contributed by atoms with Gasteiger partial charge in [0.05, 0.1) is 23.6 Å². The van der Waals surface area contributed by atoms with E-state index < -0.39 is 0 Å².